The molecular weight excluding hydrogens is 479 g/mol. The smallest absolute Gasteiger partial charge is 0.258 e. The van der Waals surface area contributed by atoms with Crippen LogP contribution in [0, 0.1) is 0 Å². The minimum absolute atomic E-state index is 0.100. The van der Waals surface area contributed by atoms with Crippen molar-refractivity contribution in [3.8, 4) is 11.5 Å². The maximum absolute atomic E-state index is 12.1. The van der Waals surface area contributed by atoms with Gasteiger partial charge in [0, 0.05) is 17.8 Å². The van der Waals surface area contributed by atoms with Crippen LogP contribution in [0.4, 0.5) is 5.69 Å². The number of rotatable bonds is 8. The minimum atomic E-state index is -0.319. The van der Waals surface area contributed by atoms with E-state index in [1.807, 2.05) is 45.9 Å². The molecule has 1 amide bonds. The molecule has 0 atom stereocenters. The van der Waals surface area contributed by atoms with Crippen LogP contribution in [-0.2, 0) is 11.3 Å². The van der Waals surface area contributed by atoms with Gasteiger partial charge < -0.3 is 20.1 Å². The van der Waals surface area contributed by atoms with Gasteiger partial charge in [0.05, 0.1) is 21.1 Å². The van der Waals surface area contributed by atoms with Gasteiger partial charge in [-0.2, -0.15) is 0 Å². The first-order valence-electron chi connectivity index (χ1n) is 9.17. The van der Waals surface area contributed by atoms with Crippen molar-refractivity contribution in [3.05, 3.63) is 50.4 Å². The molecule has 0 bridgehead atoms. The van der Waals surface area contributed by atoms with Gasteiger partial charge in [0.2, 0.25) is 0 Å². The number of carbonyl (C=O) groups is 1. The van der Waals surface area contributed by atoms with Crippen LogP contribution in [0.5, 0.6) is 11.5 Å². The second-order valence-corrected chi connectivity index (χ2v) is 9.08. The Bertz CT molecular complexity index is 870. The molecule has 0 saturated carbocycles. The Labute approximate surface area is 190 Å². The molecule has 2 aromatic carbocycles. The number of amides is 1. The lowest BCUT2D eigenvalue weighted by Gasteiger charge is -2.21. The van der Waals surface area contributed by atoms with Gasteiger partial charge in [0.1, 0.15) is 0 Å². The first-order chi connectivity index (χ1) is 13.6. The first-order valence-corrected chi connectivity index (χ1v) is 10.7. The van der Waals surface area contributed by atoms with Crippen LogP contribution in [0.25, 0.3) is 0 Å². The van der Waals surface area contributed by atoms with Crippen molar-refractivity contribution >= 4 is 50.7 Å². The molecule has 2 rings (SSSR count). The van der Waals surface area contributed by atoms with E-state index in [0.717, 1.165) is 11.3 Å². The van der Waals surface area contributed by atoms with Gasteiger partial charge in [-0.15, -0.1) is 0 Å². The number of benzene rings is 2. The summed E-state index contributed by atoms with van der Waals surface area (Å²) in [4.78, 5) is 12.1. The molecule has 0 aliphatic carbocycles. The summed E-state index contributed by atoms with van der Waals surface area (Å²) in [6, 6.07) is 9.18. The number of carbonyl (C=O) groups excluding carboxylic acids is 1. The van der Waals surface area contributed by atoms with Crippen molar-refractivity contribution in [3.63, 3.8) is 0 Å². The molecule has 8 heteroatoms. The summed E-state index contributed by atoms with van der Waals surface area (Å²) in [6.07, 6.45) is 0. The van der Waals surface area contributed by atoms with E-state index in [1.54, 1.807) is 12.1 Å². The molecule has 5 nitrogen and oxygen atoms in total. The van der Waals surface area contributed by atoms with E-state index in [-0.39, 0.29) is 18.1 Å². The summed E-state index contributed by atoms with van der Waals surface area (Å²) < 4.78 is 12.2. The van der Waals surface area contributed by atoms with Gasteiger partial charge in [-0.1, -0.05) is 23.2 Å². The van der Waals surface area contributed by atoms with Crippen LogP contribution in [-0.4, -0.2) is 24.7 Å². The third-order valence-corrected chi connectivity index (χ3v) is 4.98. The highest BCUT2D eigenvalue weighted by molar-refractivity contribution is 9.10. The monoisotopic (exact) mass is 502 g/mol. The van der Waals surface area contributed by atoms with E-state index >= 15 is 0 Å². The summed E-state index contributed by atoms with van der Waals surface area (Å²) in [5.74, 6) is 0.864. The molecule has 0 unspecified atom stereocenters. The van der Waals surface area contributed by atoms with Crippen LogP contribution in [0.1, 0.15) is 33.3 Å². The van der Waals surface area contributed by atoms with Crippen LogP contribution in [0.15, 0.2) is 34.8 Å². The van der Waals surface area contributed by atoms with E-state index in [0.29, 0.717) is 39.2 Å². The van der Waals surface area contributed by atoms with Crippen molar-refractivity contribution in [1.29, 1.82) is 0 Å². The topological polar surface area (TPSA) is 59.6 Å². The molecule has 0 aliphatic heterocycles. The molecule has 0 aromatic heterocycles. The van der Waals surface area contributed by atoms with Gasteiger partial charge in [0.25, 0.3) is 5.91 Å². The third kappa shape index (κ3) is 7.61. The molecule has 2 aromatic rings. The SMILES string of the molecule is CCOc1cc(CNc2ccc(Cl)c(Cl)c2)cc(Br)c1OCC(=O)NC(C)(C)C. The van der Waals surface area contributed by atoms with Crippen molar-refractivity contribution in [2.75, 3.05) is 18.5 Å². The predicted octanol–water partition coefficient (Wildman–Crippen LogP) is 6.06. The van der Waals surface area contributed by atoms with E-state index in [4.69, 9.17) is 32.7 Å². The summed E-state index contributed by atoms with van der Waals surface area (Å²) in [6.45, 7) is 8.57. The number of hydrogen-bond donors (Lipinski definition) is 2. The average molecular weight is 504 g/mol. The van der Waals surface area contributed by atoms with E-state index < -0.39 is 0 Å². The normalized spacial score (nSPS) is 11.1. The highest BCUT2D eigenvalue weighted by atomic mass is 79.9. The summed E-state index contributed by atoms with van der Waals surface area (Å²) in [7, 11) is 0. The Morgan fingerprint density at radius 2 is 1.83 bits per heavy atom. The zero-order valence-corrected chi connectivity index (χ0v) is 20.0. The molecule has 0 saturated heterocycles. The largest absolute Gasteiger partial charge is 0.490 e. The quantitative estimate of drug-likeness (QED) is 0.459. The van der Waals surface area contributed by atoms with Crippen molar-refractivity contribution in [1.82, 2.24) is 5.32 Å². The average Bonchev–Trinajstić information content (AvgIpc) is 2.61. The summed E-state index contributed by atoms with van der Waals surface area (Å²) >= 11 is 15.5. The van der Waals surface area contributed by atoms with Crippen molar-refractivity contribution in [2.45, 2.75) is 39.8 Å². The first kappa shape index (κ1) is 23.6. The Morgan fingerprint density at radius 1 is 1.10 bits per heavy atom. The molecule has 0 heterocycles. The Kier molecular flexibility index (Phi) is 8.49. The third-order valence-electron chi connectivity index (χ3n) is 3.65. The van der Waals surface area contributed by atoms with Crippen LogP contribution < -0.4 is 20.1 Å². The Hall–Kier alpha value is -1.63. The van der Waals surface area contributed by atoms with Crippen molar-refractivity contribution < 1.29 is 14.3 Å². The standard InChI is InChI=1S/C21H25BrCl2N2O3/c1-5-28-18-9-13(11-25-14-6-7-16(23)17(24)10-14)8-15(22)20(18)29-12-19(27)26-21(2,3)4/h6-10,25H,5,11-12H2,1-4H3,(H,26,27). The number of anilines is 1. The lowest BCUT2D eigenvalue weighted by Crippen LogP contribution is -2.43. The highest BCUT2D eigenvalue weighted by Crippen LogP contribution is 2.37. The van der Waals surface area contributed by atoms with Gasteiger partial charge in [0.15, 0.2) is 18.1 Å². The van der Waals surface area contributed by atoms with Gasteiger partial charge >= 0.3 is 0 Å². The Balaban J connectivity index is 2.11. The van der Waals surface area contributed by atoms with Gasteiger partial charge in [-0.05, 0) is 79.5 Å². The van der Waals surface area contributed by atoms with Gasteiger partial charge in [-0.3, -0.25) is 4.79 Å². The summed E-state index contributed by atoms with van der Waals surface area (Å²) in [5, 5.41) is 7.17. The fourth-order valence-electron chi connectivity index (χ4n) is 2.53. The van der Waals surface area contributed by atoms with E-state index in [1.165, 1.54) is 0 Å². The van der Waals surface area contributed by atoms with E-state index in [2.05, 4.69) is 26.6 Å². The fraction of sp³-hybridized carbons (Fsp3) is 0.381. The lowest BCUT2D eigenvalue weighted by molar-refractivity contribution is -0.124. The molecule has 29 heavy (non-hydrogen) atoms. The van der Waals surface area contributed by atoms with Gasteiger partial charge in [-0.25, -0.2) is 0 Å². The zero-order valence-electron chi connectivity index (χ0n) is 16.9. The number of ether oxygens (including phenoxy) is 2. The predicted molar refractivity (Wildman–Crippen MR) is 122 cm³/mol. The number of nitrogens with one attached hydrogen (secondary N) is 2. The maximum Gasteiger partial charge on any atom is 0.258 e. The number of halogens is 3. The van der Waals surface area contributed by atoms with Crippen molar-refractivity contribution in [2.24, 2.45) is 0 Å². The molecule has 0 aliphatic rings. The molecular formula is C21H25BrCl2N2O3. The second-order valence-electron chi connectivity index (χ2n) is 7.41. The zero-order chi connectivity index (χ0) is 21.6. The lowest BCUT2D eigenvalue weighted by atomic mass is 10.1. The summed E-state index contributed by atoms with van der Waals surface area (Å²) in [5.41, 5.74) is 1.51. The minimum Gasteiger partial charge on any atom is -0.490 e. The van der Waals surface area contributed by atoms with E-state index in [9.17, 15) is 4.79 Å². The molecule has 158 valence electrons. The fourth-order valence-corrected chi connectivity index (χ4v) is 3.43. The highest BCUT2D eigenvalue weighted by Gasteiger charge is 2.17. The van der Waals surface area contributed by atoms with Crippen LogP contribution in [0.2, 0.25) is 10.0 Å². The molecule has 2 N–H and O–H groups in total. The molecule has 0 spiro atoms. The number of hydrogen-bond acceptors (Lipinski definition) is 4. The molecule has 0 fully saturated rings. The second kappa shape index (κ2) is 10.4. The molecule has 0 radical (unpaired) electrons. The van der Waals surface area contributed by atoms with Crippen LogP contribution >= 0.6 is 39.1 Å². The van der Waals surface area contributed by atoms with Crippen LogP contribution in [0.3, 0.4) is 0 Å². The Morgan fingerprint density at radius 3 is 2.45 bits per heavy atom. The maximum atomic E-state index is 12.1.